The molecule has 0 amide bonds. The van der Waals surface area contributed by atoms with Gasteiger partial charge in [-0.1, -0.05) is 17.7 Å². The fourth-order valence-electron chi connectivity index (χ4n) is 1.98. The molecule has 0 bridgehead atoms. The second kappa shape index (κ2) is 6.27. The highest BCUT2D eigenvalue weighted by Crippen LogP contribution is 2.20. The number of hydrogen-bond acceptors (Lipinski definition) is 3. The van der Waals surface area contributed by atoms with Gasteiger partial charge in [0.2, 0.25) is 0 Å². The summed E-state index contributed by atoms with van der Waals surface area (Å²) in [4.78, 5) is 11.9. The summed E-state index contributed by atoms with van der Waals surface area (Å²) in [7, 11) is 0. The molecule has 1 unspecified atom stereocenters. The number of nitrogens with one attached hydrogen (secondary N) is 1. The molecule has 1 aromatic carbocycles. The molecule has 1 aliphatic rings. The van der Waals surface area contributed by atoms with Gasteiger partial charge in [0.05, 0.1) is 12.7 Å². The van der Waals surface area contributed by atoms with E-state index in [0.29, 0.717) is 18.2 Å². The van der Waals surface area contributed by atoms with Gasteiger partial charge in [0.15, 0.2) is 0 Å². The Morgan fingerprint density at radius 2 is 2.39 bits per heavy atom. The number of hydrogen-bond donors (Lipinski definition) is 1. The highest BCUT2D eigenvalue weighted by Gasteiger charge is 2.19. The van der Waals surface area contributed by atoms with Crippen molar-refractivity contribution in [3.05, 3.63) is 34.6 Å². The van der Waals surface area contributed by atoms with E-state index in [-0.39, 0.29) is 30.3 Å². The van der Waals surface area contributed by atoms with Crippen molar-refractivity contribution in [3.63, 3.8) is 0 Å². The third kappa shape index (κ3) is 3.51. The van der Waals surface area contributed by atoms with Crippen molar-refractivity contribution in [2.24, 2.45) is 0 Å². The van der Waals surface area contributed by atoms with Gasteiger partial charge in [0, 0.05) is 36.5 Å². The van der Waals surface area contributed by atoms with Gasteiger partial charge in [-0.15, -0.1) is 0 Å². The summed E-state index contributed by atoms with van der Waals surface area (Å²) in [5.41, 5.74) is 0.271. The molecule has 18 heavy (non-hydrogen) atoms. The lowest BCUT2D eigenvalue weighted by molar-refractivity contribution is -0.121. The molecule has 1 N–H and O–H groups in total. The SMILES string of the molecule is O=C(Cc1c(F)cccc1Cl)CC1CNCCO1. The van der Waals surface area contributed by atoms with Crippen LogP contribution in [0.5, 0.6) is 0 Å². The van der Waals surface area contributed by atoms with Crippen molar-refractivity contribution < 1.29 is 13.9 Å². The van der Waals surface area contributed by atoms with E-state index in [9.17, 15) is 9.18 Å². The molecule has 1 atom stereocenters. The first-order valence-electron chi connectivity index (χ1n) is 5.93. The summed E-state index contributed by atoms with van der Waals surface area (Å²) in [5.74, 6) is -0.491. The quantitative estimate of drug-likeness (QED) is 0.910. The maximum absolute atomic E-state index is 13.5. The lowest BCUT2D eigenvalue weighted by Gasteiger charge is -2.23. The zero-order chi connectivity index (χ0) is 13.0. The lowest BCUT2D eigenvalue weighted by Crippen LogP contribution is -2.39. The smallest absolute Gasteiger partial charge is 0.140 e. The minimum Gasteiger partial charge on any atom is -0.375 e. The zero-order valence-electron chi connectivity index (χ0n) is 9.92. The number of benzene rings is 1. The third-order valence-corrected chi connectivity index (χ3v) is 3.25. The van der Waals surface area contributed by atoms with Crippen LogP contribution in [0.4, 0.5) is 4.39 Å². The predicted molar refractivity (Wildman–Crippen MR) is 67.3 cm³/mol. The zero-order valence-corrected chi connectivity index (χ0v) is 10.7. The van der Waals surface area contributed by atoms with Gasteiger partial charge < -0.3 is 10.1 Å². The Kier molecular flexibility index (Phi) is 4.69. The average molecular weight is 272 g/mol. The molecule has 1 saturated heterocycles. The second-order valence-corrected chi connectivity index (χ2v) is 4.72. The van der Waals surface area contributed by atoms with Gasteiger partial charge in [-0.05, 0) is 12.1 Å². The summed E-state index contributed by atoms with van der Waals surface area (Å²) in [6.07, 6.45) is 0.194. The normalized spacial score (nSPS) is 19.8. The summed E-state index contributed by atoms with van der Waals surface area (Å²) in [6.45, 7) is 2.08. The summed E-state index contributed by atoms with van der Waals surface area (Å²) in [6, 6.07) is 4.43. The monoisotopic (exact) mass is 271 g/mol. The van der Waals surface area contributed by atoms with E-state index in [2.05, 4.69) is 5.32 Å². The van der Waals surface area contributed by atoms with Crippen LogP contribution >= 0.6 is 11.6 Å². The number of carbonyl (C=O) groups is 1. The van der Waals surface area contributed by atoms with Crippen LogP contribution in [0.2, 0.25) is 5.02 Å². The van der Waals surface area contributed by atoms with Crippen LogP contribution in [0.1, 0.15) is 12.0 Å². The minimum atomic E-state index is -0.432. The van der Waals surface area contributed by atoms with Crippen molar-refractivity contribution in [2.45, 2.75) is 18.9 Å². The highest BCUT2D eigenvalue weighted by molar-refractivity contribution is 6.31. The molecule has 1 fully saturated rings. The molecule has 1 heterocycles. The number of Topliss-reactive ketones (excluding diaryl/α,β-unsaturated/α-hetero) is 1. The van der Waals surface area contributed by atoms with Gasteiger partial charge in [-0.25, -0.2) is 4.39 Å². The Morgan fingerprint density at radius 1 is 1.56 bits per heavy atom. The molecule has 98 valence electrons. The fraction of sp³-hybridized carbons (Fsp3) is 0.462. The maximum Gasteiger partial charge on any atom is 0.140 e. The molecule has 3 nitrogen and oxygen atoms in total. The van der Waals surface area contributed by atoms with Crippen molar-refractivity contribution >= 4 is 17.4 Å². The van der Waals surface area contributed by atoms with Gasteiger partial charge in [-0.2, -0.15) is 0 Å². The van der Waals surface area contributed by atoms with Gasteiger partial charge >= 0.3 is 0 Å². The minimum absolute atomic E-state index is 0.0192. The number of ketones is 1. The van der Waals surface area contributed by atoms with Crippen LogP contribution in [-0.4, -0.2) is 31.6 Å². The van der Waals surface area contributed by atoms with Gasteiger partial charge in [-0.3, -0.25) is 4.79 Å². The number of halogens is 2. The molecule has 0 aromatic heterocycles. The van der Waals surface area contributed by atoms with E-state index in [0.717, 1.165) is 6.54 Å². The van der Waals surface area contributed by atoms with Gasteiger partial charge in [0.25, 0.3) is 0 Å². The highest BCUT2D eigenvalue weighted by atomic mass is 35.5. The number of morpholine rings is 1. The Bertz CT molecular complexity index is 413. The largest absolute Gasteiger partial charge is 0.375 e. The number of ether oxygens (including phenoxy) is 1. The van der Waals surface area contributed by atoms with Crippen LogP contribution in [0.3, 0.4) is 0 Å². The Balaban J connectivity index is 1.94. The summed E-state index contributed by atoms with van der Waals surface area (Å²) >= 11 is 5.88. The Morgan fingerprint density at radius 3 is 3.06 bits per heavy atom. The average Bonchev–Trinajstić information content (AvgIpc) is 2.35. The Hall–Kier alpha value is -0.970. The number of carbonyl (C=O) groups excluding carboxylic acids is 1. The molecule has 2 rings (SSSR count). The summed E-state index contributed by atoms with van der Waals surface area (Å²) in [5, 5.41) is 3.45. The molecule has 1 aromatic rings. The van der Waals surface area contributed by atoms with Crippen molar-refractivity contribution in [3.8, 4) is 0 Å². The molecule has 0 saturated carbocycles. The first kappa shape index (κ1) is 13.5. The van der Waals surface area contributed by atoms with Crippen LogP contribution in [0.15, 0.2) is 18.2 Å². The van der Waals surface area contributed by atoms with Crippen LogP contribution in [0, 0.1) is 5.82 Å². The topological polar surface area (TPSA) is 38.3 Å². The van der Waals surface area contributed by atoms with E-state index in [4.69, 9.17) is 16.3 Å². The predicted octanol–water partition coefficient (Wildman–Crippen LogP) is 1.97. The second-order valence-electron chi connectivity index (χ2n) is 4.32. The van der Waals surface area contributed by atoms with Crippen LogP contribution in [-0.2, 0) is 16.0 Å². The summed E-state index contributed by atoms with van der Waals surface area (Å²) < 4.78 is 18.9. The van der Waals surface area contributed by atoms with E-state index in [1.54, 1.807) is 6.07 Å². The molecule has 0 aliphatic carbocycles. The van der Waals surface area contributed by atoms with E-state index in [1.165, 1.54) is 12.1 Å². The van der Waals surface area contributed by atoms with E-state index in [1.807, 2.05) is 0 Å². The molecule has 5 heteroatoms. The molecule has 1 aliphatic heterocycles. The van der Waals surface area contributed by atoms with E-state index < -0.39 is 5.82 Å². The third-order valence-electron chi connectivity index (χ3n) is 2.90. The maximum atomic E-state index is 13.5. The fourth-order valence-corrected chi connectivity index (χ4v) is 2.21. The lowest BCUT2D eigenvalue weighted by atomic mass is 10.0. The van der Waals surface area contributed by atoms with Crippen LogP contribution < -0.4 is 5.32 Å². The van der Waals surface area contributed by atoms with Gasteiger partial charge in [0.1, 0.15) is 11.6 Å². The first-order chi connectivity index (χ1) is 8.66. The molecular weight excluding hydrogens is 257 g/mol. The first-order valence-corrected chi connectivity index (χ1v) is 6.31. The Labute approximate surface area is 110 Å². The van der Waals surface area contributed by atoms with Crippen molar-refractivity contribution in [2.75, 3.05) is 19.7 Å². The van der Waals surface area contributed by atoms with Crippen LogP contribution in [0.25, 0.3) is 0 Å². The standard InChI is InChI=1S/C13H15ClFNO2/c14-12-2-1-3-13(15)11(12)7-9(17)6-10-8-16-4-5-18-10/h1-3,10,16H,4-8H2. The van der Waals surface area contributed by atoms with Crippen molar-refractivity contribution in [1.29, 1.82) is 0 Å². The van der Waals surface area contributed by atoms with Crippen molar-refractivity contribution in [1.82, 2.24) is 5.32 Å². The molecule has 0 radical (unpaired) electrons. The number of rotatable bonds is 4. The molecular formula is C13H15ClFNO2. The van der Waals surface area contributed by atoms with E-state index >= 15 is 0 Å². The molecule has 0 spiro atoms.